The zero-order valence-electron chi connectivity index (χ0n) is 37.8. The predicted octanol–water partition coefficient (Wildman–Crippen LogP) is 11.7. The molecule has 0 aromatic heterocycles. The lowest BCUT2D eigenvalue weighted by molar-refractivity contribution is -0.889. The number of likely N-dealkylation sites (N-methyl/N-ethyl adjacent to an activating group) is 1. The summed E-state index contributed by atoms with van der Waals surface area (Å²) in [5.74, 6) is -1.75. The van der Waals surface area contributed by atoms with Gasteiger partial charge in [-0.3, -0.25) is 9.59 Å². The van der Waals surface area contributed by atoms with Gasteiger partial charge in [-0.15, -0.1) is 0 Å². The van der Waals surface area contributed by atoms with Crippen molar-refractivity contribution in [3.8, 4) is 0 Å². The number of carbonyl (C=O) groups is 3. The molecule has 0 spiro atoms. The first-order valence-corrected chi connectivity index (χ1v) is 23.5. The van der Waals surface area contributed by atoms with Crippen LogP contribution < -0.4 is 5.11 Å². The van der Waals surface area contributed by atoms with Crippen LogP contribution >= 0.6 is 0 Å². The quantitative estimate of drug-likeness (QED) is 0.0262. The molecule has 332 valence electrons. The second-order valence-electron chi connectivity index (χ2n) is 17.0. The molecule has 0 aliphatic carbocycles. The van der Waals surface area contributed by atoms with Gasteiger partial charge >= 0.3 is 11.9 Å². The lowest BCUT2D eigenvalue weighted by Crippen LogP contribution is -2.55. The summed E-state index contributed by atoms with van der Waals surface area (Å²) in [7, 11) is 5.40. The Morgan fingerprint density at radius 3 is 1.42 bits per heavy atom. The Bertz CT molecular complexity index is 1030. The van der Waals surface area contributed by atoms with Gasteiger partial charge in [0.1, 0.15) is 12.6 Å². The molecule has 0 bridgehead atoms. The van der Waals surface area contributed by atoms with Crippen LogP contribution in [0.25, 0.3) is 0 Å². The molecular formula is C49H89NO7. The summed E-state index contributed by atoms with van der Waals surface area (Å²) >= 11 is 0. The van der Waals surface area contributed by atoms with Crippen LogP contribution in [0.5, 0.6) is 0 Å². The predicted molar refractivity (Wildman–Crippen MR) is 236 cm³/mol. The molecule has 0 amide bonds. The van der Waals surface area contributed by atoms with Gasteiger partial charge in [-0.05, 0) is 64.2 Å². The summed E-state index contributed by atoms with van der Waals surface area (Å²) in [5.41, 5.74) is 0. The van der Waals surface area contributed by atoms with Crippen LogP contribution in [0.15, 0.2) is 36.5 Å². The molecule has 0 saturated carbocycles. The second kappa shape index (κ2) is 40.3. The van der Waals surface area contributed by atoms with Crippen molar-refractivity contribution in [1.82, 2.24) is 0 Å². The van der Waals surface area contributed by atoms with Crippen LogP contribution in [0.3, 0.4) is 0 Å². The van der Waals surface area contributed by atoms with E-state index in [2.05, 4.69) is 50.3 Å². The van der Waals surface area contributed by atoms with Crippen LogP contribution in [0.1, 0.15) is 206 Å². The van der Waals surface area contributed by atoms with E-state index in [9.17, 15) is 19.5 Å². The number of aliphatic carboxylic acids is 1. The Morgan fingerprint density at radius 2 is 0.947 bits per heavy atom. The molecule has 0 N–H and O–H groups in total. The van der Waals surface area contributed by atoms with Crippen LogP contribution in [-0.2, 0) is 28.6 Å². The van der Waals surface area contributed by atoms with Crippen molar-refractivity contribution in [2.75, 3.05) is 41.0 Å². The van der Waals surface area contributed by atoms with E-state index in [0.29, 0.717) is 12.8 Å². The Labute approximate surface area is 351 Å². The summed E-state index contributed by atoms with van der Waals surface area (Å²) in [6.07, 6.45) is 45.9. The largest absolute Gasteiger partial charge is 0.544 e. The summed E-state index contributed by atoms with van der Waals surface area (Å²) in [6, 6.07) is -0.728. The minimum absolute atomic E-state index is 0.0356. The van der Waals surface area contributed by atoms with Gasteiger partial charge < -0.3 is 28.6 Å². The highest BCUT2D eigenvalue weighted by atomic mass is 16.6. The fourth-order valence-electron chi connectivity index (χ4n) is 6.79. The van der Waals surface area contributed by atoms with E-state index in [1.165, 1.54) is 109 Å². The Morgan fingerprint density at radius 1 is 0.526 bits per heavy atom. The number of unbranched alkanes of at least 4 members (excludes halogenated alkanes) is 22. The fourth-order valence-corrected chi connectivity index (χ4v) is 6.79. The number of hydrogen-bond acceptors (Lipinski definition) is 7. The zero-order chi connectivity index (χ0) is 42.1. The van der Waals surface area contributed by atoms with E-state index in [0.717, 1.165) is 64.2 Å². The number of rotatable bonds is 42. The third-order valence-corrected chi connectivity index (χ3v) is 10.5. The number of carboxylic acid groups (broad SMARTS) is 1. The molecule has 2 unspecified atom stereocenters. The molecule has 0 saturated heterocycles. The van der Waals surface area contributed by atoms with E-state index >= 15 is 0 Å². The molecule has 57 heavy (non-hydrogen) atoms. The summed E-state index contributed by atoms with van der Waals surface area (Å²) in [5, 5.41) is 11.6. The fraction of sp³-hybridized carbons (Fsp3) is 0.816. The Hall–Kier alpha value is -2.45. The normalized spacial score (nSPS) is 13.2. The maximum atomic E-state index is 12.7. The number of carbonyl (C=O) groups excluding carboxylic acids is 3. The van der Waals surface area contributed by atoms with E-state index < -0.39 is 18.1 Å². The number of carboxylic acids is 1. The molecule has 2 atom stereocenters. The minimum atomic E-state index is -1.13. The van der Waals surface area contributed by atoms with Crippen molar-refractivity contribution in [1.29, 1.82) is 0 Å². The number of quaternary nitrogens is 1. The van der Waals surface area contributed by atoms with Gasteiger partial charge in [0.15, 0.2) is 6.10 Å². The zero-order valence-corrected chi connectivity index (χ0v) is 37.8. The molecule has 8 nitrogen and oxygen atoms in total. The Balaban J connectivity index is 4.29. The smallest absolute Gasteiger partial charge is 0.306 e. The van der Waals surface area contributed by atoms with Gasteiger partial charge in [0.2, 0.25) is 0 Å². The summed E-state index contributed by atoms with van der Waals surface area (Å²) < 4.78 is 17.2. The number of esters is 2. The lowest BCUT2D eigenvalue weighted by Gasteiger charge is -2.34. The van der Waals surface area contributed by atoms with Crippen molar-refractivity contribution < 1.29 is 38.2 Å². The average Bonchev–Trinajstić information content (AvgIpc) is 3.17. The van der Waals surface area contributed by atoms with Crippen molar-refractivity contribution in [3.05, 3.63) is 36.5 Å². The van der Waals surface area contributed by atoms with Crippen LogP contribution in [-0.4, -0.2) is 75.5 Å². The van der Waals surface area contributed by atoms with E-state index in [4.69, 9.17) is 14.2 Å². The first-order valence-electron chi connectivity index (χ1n) is 23.5. The van der Waals surface area contributed by atoms with Gasteiger partial charge in [-0.25, -0.2) is 0 Å². The average molecular weight is 804 g/mol. The molecule has 0 aliphatic heterocycles. The molecule has 0 heterocycles. The maximum absolute atomic E-state index is 12.7. The molecule has 0 aromatic carbocycles. The van der Waals surface area contributed by atoms with Gasteiger partial charge in [0.05, 0.1) is 40.3 Å². The molecule has 0 rings (SSSR count). The third kappa shape index (κ3) is 38.8. The van der Waals surface area contributed by atoms with Gasteiger partial charge in [-0.1, -0.05) is 159 Å². The van der Waals surface area contributed by atoms with Crippen molar-refractivity contribution in [2.45, 2.75) is 219 Å². The molecule has 0 aliphatic rings. The number of allylic oxidation sites excluding steroid dienone is 6. The van der Waals surface area contributed by atoms with Crippen molar-refractivity contribution >= 4 is 17.9 Å². The van der Waals surface area contributed by atoms with Crippen molar-refractivity contribution in [2.24, 2.45) is 0 Å². The molecule has 0 radical (unpaired) electrons. The lowest BCUT2D eigenvalue weighted by atomic mass is 10.1. The highest BCUT2D eigenvalue weighted by Gasteiger charge is 2.25. The molecule has 8 heteroatoms. The van der Waals surface area contributed by atoms with Crippen LogP contribution in [0, 0.1) is 0 Å². The summed E-state index contributed by atoms with van der Waals surface area (Å²) in [6.45, 7) is 4.61. The SMILES string of the molecule is CCCC/C=C\C/C=C\CCCCCCCC(=O)OC(COCCC(C(=O)[O-])[N+](C)(C)C)COC(=O)CCCCCCCCCCC/C=C\CCCCCCCC. The first-order chi connectivity index (χ1) is 27.6. The Kier molecular flexibility index (Phi) is 38.6. The highest BCUT2D eigenvalue weighted by molar-refractivity contribution is 5.70. The number of nitrogens with zero attached hydrogens (tertiary/aromatic N) is 1. The second-order valence-corrected chi connectivity index (χ2v) is 17.0. The van der Waals surface area contributed by atoms with E-state index in [-0.39, 0.29) is 42.7 Å². The van der Waals surface area contributed by atoms with Gasteiger partial charge in [0.25, 0.3) is 0 Å². The standard InChI is InChI=1S/C49H89NO7/c1-6-8-10-12-14-16-18-20-22-23-24-25-26-28-29-31-33-35-37-39-47(51)56-44-45(43-55-42-41-46(49(53)54)50(3,4)5)57-48(52)40-38-36-34-32-30-27-21-19-17-15-13-11-9-7-2/h13,15,19-22,45-46H,6-12,14,16-18,23-44H2,1-5H3/b15-13-,21-19-,22-20-. The maximum Gasteiger partial charge on any atom is 0.306 e. The molecule has 0 aromatic rings. The summed E-state index contributed by atoms with van der Waals surface area (Å²) in [4.78, 5) is 36.9. The minimum Gasteiger partial charge on any atom is -0.544 e. The van der Waals surface area contributed by atoms with E-state index in [1.54, 1.807) is 21.1 Å². The number of ether oxygens (including phenoxy) is 3. The highest BCUT2D eigenvalue weighted by Crippen LogP contribution is 2.14. The first kappa shape index (κ1) is 54.6. The van der Waals surface area contributed by atoms with Crippen molar-refractivity contribution in [3.63, 3.8) is 0 Å². The third-order valence-electron chi connectivity index (χ3n) is 10.5. The molecular weight excluding hydrogens is 715 g/mol. The van der Waals surface area contributed by atoms with Crippen LogP contribution in [0.4, 0.5) is 0 Å². The van der Waals surface area contributed by atoms with Gasteiger partial charge in [-0.2, -0.15) is 0 Å². The topological polar surface area (TPSA) is 102 Å². The van der Waals surface area contributed by atoms with Crippen LogP contribution in [0.2, 0.25) is 0 Å². The van der Waals surface area contributed by atoms with Gasteiger partial charge in [0, 0.05) is 19.3 Å². The monoisotopic (exact) mass is 804 g/mol. The van der Waals surface area contributed by atoms with E-state index in [1.807, 2.05) is 0 Å². The number of hydrogen-bond donors (Lipinski definition) is 0. The molecule has 0 fully saturated rings.